The first-order chi connectivity index (χ1) is 28.2. The van der Waals surface area contributed by atoms with E-state index in [0.29, 0.717) is 17.5 Å². The van der Waals surface area contributed by atoms with Crippen LogP contribution in [0.4, 0.5) is 0 Å². The molecule has 0 saturated heterocycles. The van der Waals surface area contributed by atoms with Gasteiger partial charge in [0.25, 0.3) is 0 Å². The number of fused-ring (bicyclic) bond motifs is 9. The third-order valence-corrected chi connectivity index (χ3v) is 13.4. The Bertz CT molecular complexity index is 3410. The number of nitrogens with zero attached hydrogens (tertiary/aromatic N) is 4. The highest BCUT2D eigenvalue weighted by molar-refractivity contribution is 7.26. The van der Waals surface area contributed by atoms with Gasteiger partial charge in [0, 0.05) is 73.5 Å². The summed E-state index contributed by atoms with van der Waals surface area (Å²) in [6, 6.07) is 65.0. The van der Waals surface area contributed by atoms with Gasteiger partial charge in [-0.05, 0) is 65.7 Å². The zero-order valence-corrected chi connectivity index (χ0v) is 32.1. The second-order valence-corrected chi connectivity index (χ2v) is 16.5. The third kappa shape index (κ3) is 5.22. The van der Waals surface area contributed by atoms with Crippen molar-refractivity contribution in [2.45, 2.75) is 0 Å². The topological polar surface area (TPSA) is 43.6 Å². The second kappa shape index (κ2) is 12.8. The number of thiophene rings is 2. The van der Waals surface area contributed by atoms with Crippen molar-refractivity contribution in [3.8, 4) is 51.0 Å². The largest absolute Gasteiger partial charge is 0.309 e. The lowest BCUT2D eigenvalue weighted by molar-refractivity contribution is 1.07. The Morgan fingerprint density at radius 1 is 0.333 bits per heavy atom. The summed E-state index contributed by atoms with van der Waals surface area (Å²) in [4.78, 5) is 15.0. The maximum absolute atomic E-state index is 5.02. The molecular formula is C51H30N4S2. The summed E-state index contributed by atoms with van der Waals surface area (Å²) < 4.78 is 7.49. The van der Waals surface area contributed by atoms with Gasteiger partial charge in [0.05, 0.1) is 11.0 Å². The van der Waals surface area contributed by atoms with Crippen LogP contribution in [0, 0.1) is 0 Å². The summed E-state index contributed by atoms with van der Waals surface area (Å²) in [6.45, 7) is 0. The van der Waals surface area contributed by atoms with Crippen LogP contribution in [0.5, 0.6) is 0 Å². The molecule has 4 heterocycles. The lowest BCUT2D eigenvalue weighted by Gasteiger charge is -2.08. The van der Waals surface area contributed by atoms with Gasteiger partial charge in [-0.3, -0.25) is 0 Å². The molecule has 0 saturated carbocycles. The Hall–Kier alpha value is -6.99. The first kappa shape index (κ1) is 32.3. The molecule has 4 aromatic heterocycles. The van der Waals surface area contributed by atoms with E-state index in [1.807, 2.05) is 83.3 Å². The Kier molecular flexibility index (Phi) is 7.24. The van der Waals surface area contributed by atoms with Gasteiger partial charge in [-0.1, -0.05) is 127 Å². The monoisotopic (exact) mass is 762 g/mol. The van der Waals surface area contributed by atoms with Crippen molar-refractivity contribution in [1.82, 2.24) is 19.5 Å². The van der Waals surface area contributed by atoms with Crippen molar-refractivity contribution in [1.29, 1.82) is 0 Å². The maximum Gasteiger partial charge on any atom is 0.164 e. The van der Waals surface area contributed by atoms with Gasteiger partial charge in [0.1, 0.15) is 0 Å². The number of rotatable bonds is 5. The molecule has 0 N–H and O–H groups in total. The zero-order valence-electron chi connectivity index (χ0n) is 30.4. The quantitative estimate of drug-likeness (QED) is 0.175. The molecule has 6 heteroatoms. The fraction of sp³-hybridized carbons (Fsp3) is 0. The minimum Gasteiger partial charge on any atom is -0.309 e. The molecule has 57 heavy (non-hydrogen) atoms. The van der Waals surface area contributed by atoms with E-state index in [2.05, 4.69) is 126 Å². The summed E-state index contributed by atoms with van der Waals surface area (Å²) in [5.41, 5.74) is 8.99. The van der Waals surface area contributed by atoms with Crippen molar-refractivity contribution >= 4 is 84.8 Å². The van der Waals surface area contributed by atoms with Gasteiger partial charge < -0.3 is 4.57 Å². The number of aromatic nitrogens is 4. The average molecular weight is 763 g/mol. The number of benzene rings is 8. The fourth-order valence-electron chi connectivity index (χ4n) is 8.38. The van der Waals surface area contributed by atoms with Gasteiger partial charge in [0.2, 0.25) is 0 Å². The highest BCUT2D eigenvalue weighted by Crippen LogP contribution is 2.44. The van der Waals surface area contributed by atoms with Crippen molar-refractivity contribution in [2.24, 2.45) is 0 Å². The van der Waals surface area contributed by atoms with Gasteiger partial charge in [-0.15, -0.1) is 22.7 Å². The summed E-state index contributed by atoms with van der Waals surface area (Å²) >= 11 is 3.71. The molecule has 266 valence electrons. The van der Waals surface area contributed by atoms with Crippen LogP contribution >= 0.6 is 22.7 Å². The summed E-state index contributed by atoms with van der Waals surface area (Å²) in [5.74, 6) is 1.99. The first-order valence-corrected chi connectivity index (χ1v) is 20.6. The maximum atomic E-state index is 5.02. The molecule has 4 nitrogen and oxygen atoms in total. The Morgan fingerprint density at radius 2 is 0.877 bits per heavy atom. The molecular weight excluding hydrogens is 733 g/mol. The molecule has 0 amide bonds. The van der Waals surface area contributed by atoms with Crippen LogP contribution in [0.1, 0.15) is 0 Å². The van der Waals surface area contributed by atoms with E-state index in [-0.39, 0.29) is 0 Å². The van der Waals surface area contributed by atoms with Gasteiger partial charge in [0.15, 0.2) is 17.5 Å². The minimum atomic E-state index is 0.662. The molecule has 0 fully saturated rings. The molecule has 0 radical (unpaired) electrons. The highest BCUT2D eigenvalue weighted by Gasteiger charge is 2.17. The number of hydrogen-bond acceptors (Lipinski definition) is 5. The molecule has 8 aromatic carbocycles. The third-order valence-electron chi connectivity index (χ3n) is 11.1. The van der Waals surface area contributed by atoms with E-state index in [9.17, 15) is 0 Å². The van der Waals surface area contributed by atoms with Crippen molar-refractivity contribution in [3.63, 3.8) is 0 Å². The molecule has 0 bridgehead atoms. The van der Waals surface area contributed by atoms with Crippen LogP contribution in [0.3, 0.4) is 0 Å². The Morgan fingerprint density at radius 3 is 1.53 bits per heavy atom. The lowest BCUT2D eigenvalue weighted by atomic mass is 10.00. The highest BCUT2D eigenvalue weighted by atomic mass is 32.1. The van der Waals surface area contributed by atoms with Crippen LogP contribution in [-0.2, 0) is 0 Å². The van der Waals surface area contributed by atoms with Gasteiger partial charge in [-0.25, -0.2) is 15.0 Å². The van der Waals surface area contributed by atoms with Crippen LogP contribution in [0.25, 0.3) is 113 Å². The van der Waals surface area contributed by atoms with E-state index in [4.69, 9.17) is 15.0 Å². The second-order valence-electron chi connectivity index (χ2n) is 14.4. The van der Waals surface area contributed by atoms with Crippen molar-refractivity contribution < 1.29 is 0 Å². The van der Waals surface area contributed by atoms with Crippen LogP contribution in [-0.4, -0.2) is 19.5 Å². The predicted molar refractivity (Wildman–Crippen MR) is 242 cm³/mol. The van der Waals surface area contributed by atoms with E-state index in [0.717, 1.165) is 16.7 Å². The molecule has 0 spiro atoms. The van der Waals surface area contributed by atoms with E-state index in [1.54, 1.807) is 0 Å². The molecule has 12 rings (SSSR count). The Balaban J connectivity index is 0.986. The van der Waals surface area contributed by atoms with Crippen molar-refractivity contribution in [2.75, 3.05) is 0 Å². The molecule has 0 aliphatic rings. The molecule has 0 unspecified atom stereocenters. The molecule has 0 aliphatic carbocycles. The summed E-state index contributed by atoms with van der Waals surface area (Å²) in [5, 5.41) is 7.57. The van der Waals surface area contributed by atoms with Crippen molar-refractivity contribution in [3.05, 3.63) is 182 Å². The van der Waals surface area contributed by atoms with E-state index >= 15 is 0 Å². The lowest BCUT2D eigenvalue weighted by Crippen LogP contribution is -2.00. The van der Waals surface area contributed by atoms with E-state index in [1.165, 1.54) is 79.0 Å². The smallest absolute Gasteiger partial charge is 0.164 e. The predicted octanol–water partition coefficient (Wildman–Crippen LogP) is 14.4. The zero-order chi connectivity index (χ0) is 37.5. The molecule has 0 aliphatic heterocycles. The van der Waals surface area contributed by atoms with Gasteiger partial charge >= 0.3 is 0 Å². The number of hydrogen-bond donors (Lipinski definition) is 0. The molecule has 0 atom stereocenters. The first-order valence-electron chi connectivity index (χ1n) is 19.0. The SMILES string of the molecule is c1ccc(-c2nc(-c3ccccc3)nc(-c3ccc4sc5ccc(-c6cccc7c6sc6cc(-n8c9ccccc9c9ccccc98)ccc67)cc5c4c3)n2)cc1. The average Bonchev–Trinajstić information content (AvgIpc) is 3.95. The fourth-order valence-corrected chi connectivity index (χ4v) is 10.7. The van der Waals surface area contributed by atoms with Crippen LogP contribution in [0.2, 0.25) is 0 Å². The summed E-state index contributed by atoms with van der Waals surface area (Å²) in [7, 11) is 0. The Labute approximate surface area is 335 Å². The summed E-state index contributed by atoms with van der Waals surface area (Å²) in [6.07, 6.45) is 0. The molecule has 12 aromatic rings. The minimum absolute atomic E-state index is 0.662. The van der Waals surface area contributed by atoms with Gasteiger partial charge in [-0.2, -0.15) is 0 Å². The van der Waals surface area contributed by atoms with Crippen LogP contribution < -0.4 is 0 Å². The van der Waals surface area contributed by atoms with Crippen LogP contribution in [0.15, 0.2) is 182 Å². The normalized spacial score (nSPS) is 11.9. The standard InChI is InChI=1S/C51H30N4S2/c1-3-12-31(13-4-1)49-52-50(32-14-5-2-6-15-32)54-51(53-49)34-23-27-46-42(29-34)41-28-33(22-26-45(41)56-46)36-18-11-19-40-39-25-24-35(30-47(39)57-48(36)40)55-43-20-9-7-16-37(43)38-17-8-10-21-44(38)55/h1-30H. The van der Waals surface area contributed by atoms with E-state index < -0.39 is 0 Å². The number of para-hydroxylation sites is 2.